The molecule has 1 unspecified atom stereocenters. The van der Waals surface area contributed by atoms with Crippen LogP contribution in [0.15, 0.2) is 0 Å². The number of aliphatic carboxylic acids is 1. The van der Waals surface area contributed by atoms with Crippen LogP contribution in [0.2, 0.25) is 0 Å². The van der Waals surface area contributed by atoms with E-state index in [0.29, 0.717) is 0 Å². The molecule has 104 valence electrons. The molecule has 0 aromatic carbocycles. The van der Waals surface area contributed by atoms with Gasteiger partial charge in [-0.1, -0.05) is 26.7 Å². The average Bonchev–Trinajstić information content (AvgIpc) is 2.62. The highest BCUT2D eigenvalue weighted by Gasteiger charge is 2.31. The second-order valence-electron chi connectivity index (χ2n) is 5.81. The third-order valence-electron chi connectivity index (χ3n) is 3.64. The van der Waals surface area contributed by atoms with Gasteiger partial charge in [0.1, 0.15) is 0 Å². The van der Waals surface area contributed by atoms with Gasteiger partial charge in [0.15, 0.2) is 0 Å². The van der Waals surface area contributed by atoms with E-state index in [1.165, 1.54) is 0 Å². The molecule has 0 radical (unpaired) electrons. The maximum absolute atomic E-state index is 11.9. The third kappa shape index (κ3) is 4.55. The highest BCUT2D eigenvalue weighted by Crippen LogP contribution is 2.28. The number of carboxylic acids is 1. The number of carbonyl (C=O) groups excluding carboxylic acids is 1. The number of amides is 2. The van der Waals surface area contributed by atoms with E-state index >= 15 is 0 Å². The molecule has 0 aromatic heterocycles. The smallest absolute Gasteiger partial charge is 0.315 e. The number of carboxylic acid groups (broad SMARTS) is 1. The van der Waals surface area contributed by atoms with E-state index in [1.54, 1.807) is 0 Å². The lowest BCUT2D eigenvalue weighted by atomic mass is 10.00. The number of hydrogen-bond donors (Lipinski definition) is 3. The summed E-state index contributed by atoms with van der Waals surface area (Å²) in [6.07, 6.45) is 4.22. The highest BCUT2D eigenvalue weighted by molar-refractivity contribution is 5.76. The normalized spacial score (nSPS) is 19.6. The lowest BCUT2D eigenvalue weighted by Crippen LogP contribution is -2.52. The van der Waals surface area contributed by atoms with Crippen LogP contribution in [0.5, 0.6) is 0 Å². The fourth-order valence-electron chi connectivity index (χ4n) is 2.40. The van der Waals surface area contributed by atoms with E-state index in [1.807, 2.05) is 20.8 Å². The quantitative estimate of drug-likeness (QED) is 0.705. The number of hydrogen-bond acceptors (Lipinski definition) is 2. The minimum Gasteiger partial charge on any atom is -0.481 e. The van der Waals surface area contributed by atoms with Gasteiger partial charge in [0.05, 0.1) is 6.42 Å². The van der Waals surface area contributed by atoms with E-state index in [-0.39, 0.29) is 30.0 Å². The summed E-state index contributed by atoms with van der Waals surface area (Å²) in [5, 5.41) is 14.5. The standard InChI is InChI=1S/C13H24N2O3/c1-9(2)10(8-11(16)17)14-12(18)15-13(3)6-4-5-7-13/h9-10H,4-8H2,1-3H3,(H,16,17)(H2,14,15,18). The Morgan fingerprint density at radius 1 is 1.28 bits per heavy atom. The number of nitrogens with one attached hydrogen (secondary N) is 2. The number of urea groups is 1. The largest absolute Gasteiger partial charge is 0.481 e. The molecule has 0 heterocycles. The van der Waals surface area contributed by atoms with E-state index in [4.69, 9.17) is 5.11 Å². The van der Waals surface area contributed by atoms with E-state index in [0.717, 1.165) is 25.7 Å². The monoisotopic (exact) mass is 256 g/mol. The van der Waals surface area contributed by atoms with Crippen LogP contribution in [0.1, 0.15) is 52.9 Å². The summed E-state index contributed by atoms with van der Waals surface area (Å²) >= 11 is 0. The molecule has 1 aliphatic rings. The fraction of sp³-hybridized carbons (Fsp3) is 0.846. The second kappa shape index (κ2) is 6.07. The van der Waals surface area contributed by atoms with Crippen molar-refractivity contribution >= 4 is 12.0 Å². The molecule has 3 N–H and O–H groups in total. The van der Waals surface area contributed by atoms with Gasteiger partial charge < -0.3 is 15.7 Å². The summed E-state index contributed by atoms with van der Waals surface area (Å²) in [6.45, 7) is 5.86. The minimum absolute atomic E-state index is 0.0399. The van der Waals surface area contributed by atoms with Gasteiger partial charge >= 0.3 is 12.0 Å². The van der Waals surface area contributed by atoms with Gasteiger partial charge in [0.2, 0.25) is 0 Å². The lowest BCUT2D eigenvalue weighted by Gasteiger charge is -2.28. The van der Waals surface area contributed by atoms with Crippen LogP contribution < -0.4 is 10.6 Å². The topological polar surface area (TPSA) is 78.4 Å². The summed E-state index contributed by atoms with van der Waals surface area (Å²) in [6, 6.07) is -0.577. The van der Waals surface area contributed by atoms with Crippen LogP contribution in [-0.2, 0) is 4.79 Å². The number of rotatable bonds is 5. The van der Waals surface area contributed by atoms with Crippen molar-refractivity contribution in [3.05, 3.63) is 0 Å². The van der Waals surface area contributed by atoms with E-state index in [9.17, 15) is 9.59 Å². The molecule has 1 aliphatic carbocycles. The van der Waals surface area contributed by atoms with Crippen LogP contribution in [0.4, 0.5) is 4.79 Å². The minimum atomic E-state index is -0.888. The molecule has 0 spiro atoms. The average molecular weight is 256 g/mol. The van der Waals surface area contributed by atoms with Crippen molar-refractivity contribution in [1.82, 2.24) is 10.6 Å². The lowest BCUT2D eigenvalue weighted by molar-refractivity contribution is -0.137. The highest BCUT2D eigenvalue weighted by atomic mass is 16.4. The molecular weight excluding hydrogens is 232 g/mol. The first-order chi connectivity index (χ1) is 8.32. The predicted molar refractivity (Wildman–Crippen MR) is 69.4 cm³/mol. The van der Waals surface area contributed by atoms with Crippen molar-refractivity contribution in [2.24, 2.45) is 5.92 Å². The van der Waals surface area contributed by atoms with E-state index in [2.05, 4.69) is 10.6 Å². The summed E-state index contributed by atoms with van der Waals surface area (Å²) < 4.78 is 0. The molecule has 5 nitrogen and oxygen atoms in total. The Kier molecular flexibility index (Phi) is 4.99. The molecule has 2 amide bonds. The van der Waals surface area contributed by atoms with Gasteiger partial charge in [-0.25, -0.2) is 4.79 Å². The van der Waals surface area contributed by atoms with Crippen molar-refractivity contribution in [1.29, 1.82) is 0 Å². The maximum Gasteiger partial charge on any atom is 0.315 e. The van der Waals surface area contributed by atoms with Gasteiger partial charge in [0.25, 0.3) is 0 Å². The van der Waals surface area contributed by atoms with Gasteiger partial charge in [-0.15, -0.1) is 0 Å². The molecular formula is C13H24N2O3. The Bertz CT molecular complexity index is 309. The second-order valence-corrected chi connectivity index (χ2v) is 5.81. The molecule has 1 saturated carbocycles. The molecule has 0 aromatic rings. The Labute approximate surface area is 108 Å². The summed E-state index contributed by atoms with van der Waals surface area (Å²) in [7, 11) is 0. The van der Waals surface area contributed by atoms with Crippen LogP contribution in [-0.4, -0.2) is 28.7 Å². The maximum atomic E-state index is 11.9. The van der Waals surface area contributed by atoms with Crippen molar-refractivity contribution < 1.29 is 14.7 Å². The number of carbonyl (C=O) groups is 2. The molecule has 1 atom stereocenters. The fourth-order valence-corrected chi connectivity index (χ4v) is 2.40. The van der Waals surface area contributed by atoms with Crippen LogP contribution in [0, 0.1) is 5.92 Å². The van der Waals surface area contributed by atoms with Gasteiger partial charge in [0, 0.05) is 11.6 Å². The van der Waals surface area contributed by atoms with Crippen molar-refractivity contribution in [2.45, 2.75) is 64.5 Å². The first kappa shape index (κ1) is 14.8. The molecule has 1 rings (SSSR count). The third-order valence-corrected chi connectivity index (χ3v) is 3.64. The van der Waals surface area contributed by atoms with Crippen LogP contribution in [0.25, 0.3) is 0 Å². The summed E-state index contributed by atoms with van der Waals surface area (Å²) in [4.78, 5) is 22.6. The zero-order valence-electron chi connectivity index (χ0n) is 11.5. The van der Waals surface area contributed by atoms with Gasteiger partial charge in [-0.3, -0.25) is 4.79 Å². The van der Waals surface area contributed by atoms with Crippen LogP contribution in [0.3, 0.4) is 0 Å². The molecule has 0 saturated heterocycles. The Morgan fingerprint density at radius 3 is 2.28 bits per heavy atom. The van der Waals surface area contributed by atoms with Gasteiger partial charge in [-0.05, 0) is 25.7 Å². The van der Waals surface area contributed by atoms with E-state index < -0.39 is 5.97 Å². The Hall–Kier alpha value is -1.26. The Morgan fingerprint density at radius 2 is 1.83 bits per heavy atom. The van der Waals surface area contributed by atoms with Crippen molar-refractivity contribution in [3.8, 4) is 0 Å². The summed E-state index contributed by atoms with van der Waals surface area (Å²) in [5.74, 6) is -0.788. The molecule has 18 heavy (non-hydrogen) atoms. The molecule has 5 heteroatoms. The first-order valence-electron chi connectivity index (χ1n) is 6.63. The molecule has 0 bridgehead atoms. The predicted octanol–water partition coefficient (Wildman–Crippen LogP) is 2.12. The SMILES string of the molecule is CC(C)C(CC(=O)O)NC(=O)NC1(C)CCCC1. The first-order valence-corrected chi connectivity index (χ1v) is 6.63. The molecule has 1 fully saturated rings. The zero-order chi connectivity index (χ0) is 13.8. The Balaban J connectivity index is 2.48. The van der Waals surface area contributed by atoms with Crippen LogP contribution >= 0.6 is 0 Å². The van der Waals surface area contributed by atoms with Gasteiger partial charge in [-0.2, -0.15) is 0 Å². The molecule has 0 aliphatic heterocycles. The van der Waals surface area contributed by atoms with Crippen molar-refractivity contribution in [2.75, 3.05) is 0 Å². The zero-order valence-corrected chi connectivity index (χ0v) is 11.5. The summed E-state index contributed by atoms with van der Waals surface area (Å²) in [5.41, 5.74) is -0.130. The van der Waals surface area contributed by atoms with Crippen molar-refractivity contribution in [3.63, 3.8) is 0 Å².